The molecule has 0 aromatic heterocycles. The smallest absolute Gasteiger partial charge is 0.236 e. The lowest BCUT2D eigenvalue weighted by Crippen LogP contribution is -2.41. The van der Waals surface area contributed by atoms with Gasteiger partial charge in [0, 0.05) is 13.1 Å². The van der Waals surface area contributed by atoms with E-state index in [1.165, 1.54) is 6.07 Å². The Bertz CT molecular complexity index is 420. The van der Waals surface area contributed by atoms with Crippen molar-refractivity contribution in [3.05, 3.63) is 35.6 Å². The molecule has 0 bridgehead atoms. The number of hydrogen-bond donors (Lipinski definition) is 1. The van der Waals surface area contributed by atoms with Crippen molar-refractivity contribution in [2.45, 2.75) is 19.3 Å². The van der Waals surface area contributed by atoms with Gasteiger partial charge in [-0.3, -0.25) is 4.79 Å². The molecule has 0 saturated carbocycles. The average Bonchev–Trinajstić information content (AvgIpc) is 2.39. The maximum atomic E-state index is 13.1. The highest BCUT2D eigenvalue weighted by atomic mass is 35.5. The minimum absolute atomic E-state index is 0. The Morgan fingerprint density at radius 2 is 2.05 bits per heavy atom. The lowest BCUT2D eigenvalue weighted by atomic mass is 9.90. The Kier molecular flexibility index (Phi) is 6.25. The molecule has 0 radical (unpaired) electrons. The van der Waals surface area contributed by atoms with E-state index >= 15 is 0 Å². The molecule has 0 unspecified atom stereocenters. The third-order valence-corrected chi connectivity index (χ3v) is 3.56. The number of hydrogen-bond acceptors (Lipinski definition) is 2. The van der Waals surface area contributed by atoms with Crippen molar-refractivity contribution < 1.29 is 9.18 Å². The zero-order valence-corrected chi connectivity index (χ0v) is 11.7. The Balaban J connectivity index is 0.00000180. The molecule has 0 aliphatic carbocycles. The van der Waals surface area contributed by atoms with Gasteiger partial charge in [-0.1, -0.05) is 12.1 Å². The van der Waals surface area contributed by atoms with Crippen molar-refractivity contribution in [2.24, 2.45) is 11.7 Å². The van der Waals surface area contributed by atoms with Crippen molar-refractivity contribution in [3.63, 3.8) is 0 Å². The number of piperidine rings is 1. The Morgan fingerprint density at radius 3 is 2.63 bits per heavy atom. The van der Waals surface area contributed by atoms with Crippen LogP contribution in [-0.2, 0) is 11.2 Å². The molecule has 1 saturated heterocycles. The normalized spacial score (nSPS) is 16.0. The number of carbonyl (C=O) groups excluding carboxylic acids is 1. The first-order valence-electron chi connectivity index (χ1n) is 6.41. The molecule has 1 aromatic carbocycles. The highest BCUT2D eigenvalue weighted by Gasteiger charge is 2.21. The van der Waals surface area contributed by atoms with E-state index in [9.17, 15) is 9.18 Å². The van der Waals surface area contributed by atoms with Crippen molar-refractivity contribution in [1.82, 2.24) is 4.90 Å². The Morgan fingerprint density at radius 1 is 1.37 bits per heavy atom. The van der Waals surface area contributed by atoms with Crippen LogP contribution < -0.4 is 5.73 Å². The van der Waals surface area contributed by atoms with Crippen LogP contribution in [0.15, 0.2) is 24.3 Å². The molecule has 1 aromatic rings. The Labute approximate surface area is 119 Å². The van der Waals surface area contributed by atoms with Gasteiger partial charge in [-0.05, 0) is 42.9 Å². The predicted molar refractivity (Wildman–Crippen MR) is 75.7 cm³/mol. The fourth-order valence-corrected chi connectivity index (χ4v) is 2.51. The maximum absolute atomic E-state index is 13.1. The predicted octanol–water partition coefficient (Wildman–Crippen LogP) is 1.99. The SMILES string of the molecule is Cl.NCC(=O)N1CCC(Cc2cccc(F)c2)CC1. The molecular weight excluding hydrogens is 267 g/mol. The molecule has 1 aliphatic heterocycles. The lowest BCUT2D eigenvalue weighted by Gasteiger charge is -2.31. The van der Waals surface area contributed by atoms with Crippen LogP contribution in [0.2, 0.25) is 0 Å². The van der Waals surface area contributed by atoms with Crippen LogP contribution in [0.1, 0.15) is 18.4 Å². The number of nitrogens with two attached hydrogens (primary N) is 1. The van der Waals surface area contributed by atoms with E-state index in [4.69, 9.17) is 5.73 Å². The third kappa shape index (κ3) is 4.48. The summed E-state index contributed by atoms with van der Waals surface area (Å²) in [4.78, 5) is 13.2. The van der Waals surface area contributed by atoms with Gasteiger partial charge in [-0.15, -0.1) is 12.4 Å². The number of likely N-dealkylation sites (tertiary alicyclic amines) is 1. The van der Waals surface area contributed by atoms with E-state index < -0.39 is 0 Å². The highest BCUT2D eigenvalue weighted by molar-refractivity contribution is 5.85. The van der Waals surface area contributed by atoms with Crippen LogP contribution >= 0.6 is 12.4 Å². The summed E-state index contributed by atoms with van der Waals surface area (Å²) in [5, 5.41) is 0. The van der Waals surface area contributed by atoms with Crippen LogP contribution in [-0.4, -0.2) is 30.4 Å². The van der Waals surface area contributed by atoms with Gasteiger partial charge in [0.05, 0.1) is 6.54 Å². The molecule has 106 valence electrons. The second kappa shape index (κ2) is 7.46. The minimum Gasteiger partial charge on any atom is -0.342 e. The van der Waals surface area contributed by atoms with Crippen LogP contribution in [0.4, 0.5) is 4.39 Å². The zero-order valence-electron chi connectivity index (χ0n) is 10.8. The van der Waals surface area contributed by atoms with Crippen molar-refractivity contribution in [2.75, 3.05) is 19.6 Å². The number of amides is 1. The van der Waals surface area contributed by atoms with Gasteiger partial charge in [0.15, 0.2) is 0 Å². The molecular formula is C14H20ClFN2O. The molecule has 1 fully saturated rings. The molecule has 19 heavy (non-hydrogen) atoms. The first-order chi connectivity index (χ1) is 8.69. The van der Waals surface area contributed by atoms with E-state index in [2.05, 4.69) is 0 Å². The first-order valence-corrected chi connectivity index (χ1v) is 6.41. The largest absolute Gasteiger partial charge is 0.342 e. The first kappa shape index (κ1) is 15.9. The summed E-state index contributed by atoms with van der Waals surface area (Å²) in [6.07, 6.45) is 2.84. The van der Waals surface area contributed by atoms with Gasteiger partial charge < -0.3 is 10.6 Å². The van der Waals surface area contributed by atoms with E-state index in [0.717, 1.165) is 37.9 Å². The van der Waals surface area contributed by atoms with Crippen LogP contribution in [0.5, 0.6) is 0 Å². The summed E-state index contributed by atoms with van der Waals surface area (Å²) >= 11 is 0. The minimum atomic E-state index is -0.178. The summed E-state index contributed by atoms with van der Waals surface area (Å²) < 4.78 is 13.1. The molecule has 3 nitrogen and oxygen atoms in total. The molecule has 2 N–H and O–H groups in total. The summed E-state index contributed by atoms with van der Waals surface area (Å²) in [5.74, 6) is 0.385. The average molecular weight is 287 g/mol. The second-order valence-corrected chi connectivity index (χ2v) is 4.86. The van der Waals surface area contributed by atoms with E-state index in [-0.39, 0.29) is 30.7 Å². The maximum Gasteiger partial charge on any atom is 0.236 e. The molecule has 1 heterocycles. The number of carbonyl (C=O) groups is 1. The van der Waals surface area contributed by atoms with E-state index in [0.29, 0.717) is 5.92 Å². The number of halogens is 2. The van der Waals surface area contributed by atoms with Gasteiger partial charge in [0.2, 0.25) is 5.91 Å². The van der Waals surface area contributed by atoms with Gasteiger partial charge in [0.25, 0.3) is 0 Å². The summed E-state index contributed by atoms with van der Waals surface area (Å²) in [6.45, 7) is 1.64. The topological polar surface area (TPSA) is 46.3 Å². The van der Waals surface area contributed by atoms with Gasteiger partial charge in [0.1, 0.15) is 5.82 Å². The summed E-state index contributed by atoms with van der Waals surface area (Å²) in [5.41, 5.74) is 6.39. The fraction of sp³-hybridized carbons (Fsp3) is 0.500. The van der Waals surface area contributed by atoms with Crippen molar-refractivity contribution in [3.8, 4) is 0 Å². The van der Waals surface area contributed by atoms with Crippen LogP contribution in [0.25, 0.3) is 0 Å². The second-order valence-electron chi connectivity index (χ2n) is 4.86. The van der Waals surface area contributed by atoms with E-state index in [1.807, 2.05) is 11.0 Å². The molecule has 1 aliphatic rings. The van der Waals surface area contributed by atoms with Crippen molar-refractivity contribution in [1.29, 1.82) is 0 Å². The monoisotopic (exact) mass is 286 g/mol. The number of benzene rings is 1. The van der Waals surface area contributed by atoms with Crippen LogP contribution in [0.3, 0.4) is 0 Å². The fourth-order valence-electron chi connectivity index (χ4n) is 2.51. The molecule has 0 atom stereocenters. The van der Waals surface area contributed by atoms with Gasteiger partial charge in [-0.2, -0.15) is 0 Å². The highest BCUT2D eigenvalue weighted by Crippen LogP contribution is 2.21. The number of rotatable bonds is 3. The van der Waals surface area contributed by atoms with Crippen molar-refractivity contribution >= 4 is 18.3 Å². The summed E-state index contributed by atoms with van der Waals surface area (Å²) in [6, 6.07) is 6.77. The van der Waals surface area contributed by atoms with Gasteiger partial charge in [-0.25, -0.2) is 4.39 Å². The summed E-state index contributed by atoms with van der Waals surface area (Å²) in [7, 11) is 0. The van der Waals surface area contributed by atoms with Gasteiger partial charge >= 0.3 is 0 Å². The molecule has 0 spiro atoms. The van der Waals surface area contributed by atoms with Crippen LogP contribution in [0, 0.1) is 11.7 Å². The quantitative estimate of drug-likeness (QED) is 0.924. The molecule has 2 rings (SSSR count). The third-order valence-electron chi connectivity index (χ3n) is 3.56. The standard InChI is InChI=1S/C14H19FN2O.ClH/c15-13-3-1-2-12(9-13)8-11-4-6-17(7-5-11)14(18)10-16;/h1-3,9,11H,4-8,10,16H2;1H. The molecule has 1 amide bonds. The molecule has 5 heteroatoms. The zero-order chi connectivity index (χ0) is 13.0. The lowest BCUT2D eigenvalue weighted by molar-refractivity contribution is -0.131. The Hall–Kier alpha value is -1.13. The van der Waals surface area contributed by atoms with E-state index in [1.54, 1.807) is 12.1 Å². The number of nitrogens with zero attached hydrogens (tertiary/aromatic N) is 1.